The van der Waals surface area contributed by atoms with Crippen LogP contribution in [0.2, 0.25) is 0 Å². The maximum atomic E-state index is 11.6. The van der Waals surface area contributed by atoms with Crippen molar-refractivity contribution < 1.29 is 19.2 Å². The summed E-state index contributed by atoms with van der Waals surface area (Å²) in [7, 11) is 0. The van der Waals surface area contributed by atoms with Crippen LogP contribution in [0.1, 0.15) is 13.8 Å². The number of nitrogens with zero attached hydrogens (tertiary/aromatic N) is 1. The lowest BCUT2D eigenvalue weighted by Crippen LogP contribution is -2.43. The lowest BCUT2D eigenvalue weighted by molar-refractivity contribution is -0.384. The summed E-state index contributed by atoms with van der Waals surface area (Å²) in [6, 6.07) is 5.37. The minimum atomic E-state index is -0.844. The molecule has 8 heteroatoms. The molecular formula is C13H17N3O5. The molecule has 0 spiro atoms. The highest BCUT2D eigenvalue weighted by atomic mass is 16.6. The second-order valence-electron chi connectivity index (χ2n) is 5.06. The number of primary amides is 1. The van der Waals surface area contributed by atoms with Gasteiger partial charge in [0.1, 0.15) is 5.75 Å². The van der Waals surface area contributed by atoms with Crippen molar-refractivity contribution in [1.29, 1.82) is 0 Å². The van der Waals surface area contributed by atoms with E-state index in [1.54, 1.807) is 13.8 Å². The van der Waals surface area contributed by atoms with E-state index in [1.165, 1.54) is 24.3 Å². The first-order valence-corrected chi connectivity index (χ1v) is 6.16. The van der Waals surface area contributed by atoms with E-state index in [2.05, 4.69) is 5.32 Å². The van der Waals surface area contributed by atoms with Crippen molar-refractivity contribution in [3.05, 3.63) is 34.4 Å². The zero-order chi connectivity index (χ0) is 16.0. The van der Waals surface area contributed by atoms with Gasteiger partial charge in [0.15, 0.2) is 6.61 Å². The molecule has 1 aromatic rings. The Hall–Kier alpha value is -2.64. The molecule has 21 heavy (non-hydrogen) atoms. The zero-order valence-corrected chi connectivity index (χ0v) is 11.8. The van der Waals surface area contributed by atoms with Crippen molar-refractivity contribution >= 4 is 17.5 Å². The maximum absolute atomic E-state index is 11.6. The highest BCUT2D eigenvalue weighted by molar-refractivity contribution is 5.82. The molecular weight excluding hydrogens is 278 g/mol. The van der Waals surface area contributed by atoms with Gasteiger partial charge in [0.2, 0.25) is 5.91 Å². The van der Waals surface area contributed by atoms with Crippen LogP contribution >= 0.6 is 0 Å². The van der Waals surface area contributed by atoms with Gasteiger partial charge >= 0.3 is 0 Å². The predicted molar refractivity (Wildman–Crippen MR) is 74.6 cm³/mol. The molecule has 0 unspecified atom stereocenters. The van der Waals surface area contributed by atoms with Crippen LogP contribution in [0.25, 0.3) is 0 Å². The standard InChI is InChI=1S/C13H17N3O5/c1-13(2,12(14)18)8-15-11(17)7-21-10-5-3-9(4-6-10)16(19)20/h3-6H,7-8H2,1-2H3,(H2,14,18)(H,15,17). The first-order valence-electron chi connectivity index (χ1n) is 6.16. The van der Waals surface area contributed by atoms with E-state index in [9.17, 15) is 19.7 Å². The third-order valence-electron chi connectivity index (χ3n) is 2.81. The fourth-order valence-electron chi connectivity index (χ4n) is 1.27. The summed E-state index contributed by atoms with van der Waals surface area (Å²) in [5.74, 6) is -0.591. The Morgan fingerprint density at radius 2 is 1.90 bits per heavy atom. The van der Waals surface area contributed by atoms with E-state index >= 15 is 0 Å². The van der Waals surface area contributed by atoms with Crippen molar-refractivity contribution in [3.63, 3.8) is 0 Å². The van der Waals surface area contributed by atoms with Gasteiger partial charge in [-0.3, -0.25) is 19.7 Å². The normalized spacial score (nSPS) is 10.8. The number of carbonyl (C=O) groups excluding carboxylic acids is 2. The van der Waals surface area contributed by atoms with Gasteiger partial charge in [-0.15, -0.1) is 0 Å². The number of hydrogen-bond acceptors (Lipinski definition) is 5. The van der Waals surface area contributed by atoms with Crippen molar-refractivity contribution in [2.45, 2.75) is 13.8 Å². The smallest absolute Gasteiger partial charge is 0.269 e. The van der Waals surface area contributed by atoms with Gasteiger partial charge in [-0.05, 0) is 26.0 Å². The summed E-state index contributed by atoms with van der Waals surface area (Å²) in [5.41, 5.74) is 4.28. The average molecular weight is 295 g/mol. The van der Waals surface area contributed by atoms with E-state index < -0.39 is 22.2 Å². The molecule has 0 aromatic heterocycles. The largest absolute Gasteiger partial charge is 0.484 e. The summed E-state index contributed by atoms with van der Waals surface area (Å²) in [5, 5.41) is 13.0. The molecule has 114 valence electrons. The summed E-state index contributed by atoms with van der Waals surface area (Å²) in [6.45, 7) is 3.08. The number of nitrogens with one attached hydrogen (secondary N) is 1. The highest BCUT2D eigenvalue weighted by Crippen LogP contribution is 2.17. The summed E-state index contributed by atoms with van der Waals surface area (Å²) >= 11 is 0. The molecule has 3 N–H and O–H groups in total. The van der Waals surface area contributed by atoms with Gasteiger partial charge in [-0.25, -0.2) is 0 Å². The summed E-state index contributed by atoms with van der Waals surface area (Å²) in [4.78, 5) is 32.6. The Morgan fingerprint density at radius 1 is 1.33 bits per heavy atom. The lowest BCUT2D eigenvalue weighted by Gasteiger charge is -2.20. The Bertz CT molecular complexity index is 539. The Labute approximate surface area is 121 Å². The van der Waals surface area contributed by atoms with E-state index in [1.807, 2.05) is 0 Å². The third kappa shape index (κ3) is 5.09. The number of hydrogen-bond donors (Lipinski definition) is 2. The Morgan fingerprint density at radius 3 is 2.38 bits per heavy atom. The van der Waals surface area contributed by atoms with Crippen LogP contribution in [0, 0.1) is 15.5 Å². The van der Waals surface area contributed by atoms with Crippen molar-refractivity contribution in [1.82, 2.24) is 5.32 Å². The van der Waals surface area contributed by atoms with Gasteiger partial charge in [0.25, 0.3) is 11.6 Å². The number of non-ortho nitro benzene ring substituents is 1. The molecule has 2 amide bonds. The molecule has 8 nitrogen and oxygen atoms in total. The second-order valence-corrected chi connectivity index (χ2v) is 5.06. The lowest BCUT2D eigenvalue weighted by atomic mass is 9.93. The minimum Gasteiger partial charge on any atom is -0.484 e. The fourth-order valence-corrected chi connectivity index (χ4v) is 1.27. The van der Waals surface area contributed by atoms with Crippen molar-refractivity contribution in [2.75, 3.05) is 13.2 Å². The number of nitro groups is 1. The van der Waals surface area contributed by atoms with Gasteiger partial charge in [-0.1, -0.05) is 0 Å². The molecule has 0 aliphatic heterocycles. The van der Waals surface area contributed by atoms with Crippen LogP contribution in [-0.4, -0.2) is 29.9 Å². The molecule has 0 atom stereocenters. The average Bonchev–Trinajstić information content (AvgIpc) is 2.43. The van der Waals surface area contributed by atoms with E-state index in [-0.39, 0.29) is 18.8 Å². The third-order valence-corrected chi connectivity index (χ3v) is 2.81. The van der Waals surface area contributed by atoms with Gasteiger partial charge in [0, 0.05) is 18.7 Å². The van der Waals surface area contributed by atoms with Crippen molar-refractivity contribution in [3.8, 4) is 5.75 Å². The van der Waals surface area contributed by atoms with Crippen LogP contribution in [0.15, 0.2) is 24.3 Å². The fraction of sp³-hybridized carbons (Fsp3) is 0.385. The molecule has 0 bridgehead atoms. The SMILES string of the molecule is CC(C)(CNC(=O)COc1ccc([N+](=O)[O-])cc1)C(N)=O. The molecule has 1 aromatic carbocycles. The Kier molecular flexibility index (Phi) is 5.23. The minimum absolute atomic E-state index is 0.0602. The summed E-state index contributed by atoms with van der Waals surface area (Å²) < 4.78 is 5.18. The molecule has 0 radical (unpaired) electrons. The molecule has 0 aliphatic rings. The molecule has 1 rings (SSSR count). The highest BCUT2D eigenvalue weighted by Gasteiger charge is 2.25. The number of nitro benzene ring substituents is 1. The number of rotatable bonds is 7. The van der Waals surface area contributed by atoms with Crippen LogP contribution in [0.3, 0.4) is 0 Å². The van der Waals surface area contributed by atoms with Crippen molar-refractivity contribution in [2.24, 2.45) is 11.1 Å². The molecule has 0 fully saturated rings. The number of nitrogens with two attached hydrogens (primary N) is 1. The Balaban J connectivity index is 2.43. The maximum Gasteiger partial charge on any atom is 0.269 e. The van der Waals surface area contributed by atoms with E-state index in [4.69, 9.17) is 10.5 Å². The number of benzene rings is 1. The molecule has 0 saturated heterocycles. The van der Waals surface area contributed by atoms with Crippen LogP contribution in [-0.2, 0) is 9.59 Å². The second kappa shape index (κ2) is 6.69. The van der Waals surface area contributed by atoms with E-state index in [0.29, 0.717) is 5.75 Å². The first kappa shape index (κ1) is 16.4. The van der Waals surface area contributed by atoms with E-state index in [0.717, 1.165) is 0 Å². The molecule has 0 heterocycles. The van der Waals surface area contributed by atoms with Gasteiger partial charge < -0.3 is 15.8 Å². The first-order chi connectivity index (χ1) is 9.72. The quantitative estimate of drug-likeness (QED) is 0.563. The topological polar surface area (TPSA) is 125 Å². The zero-order valence-electron chi connectivity index (χ0n) is 11.8. The summed E-state index contributed by atoms with van der Waals surface area (Å²) in [6.07, 6.45) is 0. The number of amides is 2. The van der Waals surface area contributed by atoms with Gasteiger partial charge in [-0.2, -0.15) is 0 Å². The van der Waals surface area contributed by atoms with Gasteiger partial charge in [0.05, 0.1) is 10.3 Å². The molecule has 0 aliphatic carbocycles. The number of ether oxygens (including phenoxy) is 1. The molecule has 0 saturated carbocycles. The van der Waals surface area contributed by atoms with Crippen LogP contribution < -0.4 is 15.8 Å². The number of carbonyl (C=O) groups is 2. The van der Waals surface area contributed by atoms with Crippen LogP contribution in [0.4, 0.5) is 5.69 Å². The predicted octanol–water partition coefficient (Wildman–Crippen LogP) is 0.601. The monoisotopic (exact) mass is 295 g/mol. The van der Waals surface area contributed by atoms with Crippen LogP contribution in [0.5, 0.6) is 5.75 Å².